The van der Waals surface area contributed by atoms with Crippen molar-refractivity contribution in [3.63, 3.8) is 0 Å². The summed E-state index contributed by atoms with van der Waals surface area (Å²) in [5.41, 5.74) is 0. The van der Waals surface area contributed by atoms with E-state index in [1.54, 1.807) is 7.11 Å². The van der Waals surface area contributed by atoms with Crippen LogP contribution in [0.1, 0.15) is 58.3 Å². The Morgan fingerprint density at radius 1 is 1.17 bits per heavy atom. The van der Waals surface area contributed by atoms with Crippen molar-refractivity contribution in [2.24, 2.45) is 0 Å². The minimum absolute atomic E-state index is 0.000827. The van der Waals surface area contributed by atoms with Crippen LogP contribution in [-0.2, 0) is 4.79 Å². The summed E-state index contributed by atoms with van der Waals surface area (Å²) >= 11 is 0. The van der Waals surface area contributed by atoms with Crippen LogP contribution in [0.25, 0.3) is 0 Å². The lowest BCUT2D eigenvalue weighted by atomic mass is 9.96. The van der Waals surface area contributed by atoms with E-state index in [1.165, 1.54) is 32.1 Å². The molecule has 1 amide bonds. The van der Waals surface area contributed by atoms with E-state index in [-0.39, 0.29) is 5.91 Å². The molecule has 0 spiro atoms. The standard InChI is InChI=1S/C19H29NO3/c1-3-18(23-17-13-9-12-16(14-17)22-2)19(21)20-15-10-7-5-4-6-8-11-15/h9,12-15,18H,3-8,10-11H2,1-2H3,(H,20,21)/t18-/m1/s1. The van der Waals surface area contributed by atoms with Gasteiger partial charge in [-0.05, 0) is 31.4 Å². The molecule has 1 aromatic carbocycles. The first-order valence-electron chi connectivity index (χ1n) is 8.84. The third kappa shape index (κ3) is 5.77. The fraction of sp³-hybridized carbons (Fsp3) is 0.632. The van der Waals surface area contributed by atoms with E-state index in [4.69, 9.17) is 9.47 Å². The highest BCUT2D eigenvalue weighted by molar-refractivity contribution is 5.81. The first-order chi connectivity index (χ1) is 11.2. The minimum Gasteiger partial charge on any atom is -0.497 e. The molecule has 0 heterocycles. The maximum absolute atomic E-state index is 12.5. The van der Waals surface area contributed by atoms with Gasteiger partial charge in [-0.15, -0.1) is 0 Å². The van der Waals surface area contributed by atoms with E-state index in [9.17, 15) is 4.79 Å². The number of methoxy groups -OCH3 is 1. The van der Waals surface area contributed by atoms with Gasteiger partial charge < -0.3 is 14.8 Å². The Balaban J connectivity index is 1.91. The number of hydrogen-bond donors (Lipinski definition) is 1. The van der Waals surface area contributed by atoms with Crippen molar-refractivity contribution in [1.82, 2.24) is 5.32 Å². The largest absolute Gasteiger partial charge is 0.497 e. The summed E-state index contributed by atoms with van der Waals surface area (Å²) in [7, 11) is 1.62. The molecule has 0 unspecified atom stereocenters. The van der Waals surface area contributed by atoms with Gasteiger partial charge in [0.15, 0.2) is 6.10 Å². The summed E-state index contributed by atoms with van der Waals surface area (Å²) < 4.78 is 11.1. The second-order valence-corrected chi connectivity index (χ2v) is 6.24. The molecule has 1 saturated carbocycles. The lowest BCUT2D eigenvalue weighted by molar-refractivity contribution is -0.129. The molecule has 1 N–H and O–H groups in total. The fourth-order valence-corrected chi connectivity index (χ4v) is 3.06. The zero-order valence-corrected chi connectivity index (χ0v) is 14.3. The van der Waals surface area contributed by atoms with Crippen LogP contribution in [-0.4, -0.2) is 25.2 Å². The average Bonchev–Trinajstić information content (AvgIpc) is 2.55. The van der Waals surface area contributed by atoms with E-state index in [0.717, 1.165) is 18.6 Å². The summed E-state index contributed by atoms with van der Waals surface area (Å²) in [6, 6.07) is 7.70. The molecule has 23 heavy (non-hydrogen) atoms. The summed E-state index contributed by atoms with van der Waals surface area (Å²) in [5.74, 6) is 1.41. The van der Waals surface area contributed by atoms with Gasteiger partial charge in [0.05, 0.1) is 7.11 Å². The van der Waals surface area contributed by atoms with Crippen molar-refractivity contribution in [3.8, 4) is 11.5 Å². The van der Waals surface area contributed by atoms with Crippen LogP contribution in [0.2, 0.25) is 0 Å². The van der Waals surface area contributed by atoms with Gasteiger partial charge >= 0.3 is 0 Å². The van der Waals surface area contributed by atoms with Gasteiger partial charge in [-0.25, -0.2) is 0 Å². The molecule has 128 valence electrons. The van der Waals surface area contributed by atoms with Crippen LogP contribution in [0.5, 0.6) is 11.5 Å². The predicted molar refractivity (Wildman–Crippen MR) is 92.0 cm³/mol. The van der Waals surface area contributed by atoms with Gasteiger partial charge in [0, 0.05) is 12.1 Å². The number of amides is 1. The monoisotopic (exact) mass is 319 g/mol. The summed E-state index contributed by atoms with van der Waals surface area (Å²) in [6.45, 7) is 1.97. The Kier molecular flexibility index (Phi) is 7.24. The predicted octanol–water partition coefficient (Wildman–Crippen LogP) is 4.08. The Bertz CT molecular complexity index is 481. The molecule has 1 aliphatic carbocycles. The van der Waals surface area contributed by atoms with Gasteiger partial charge in [-0.2, -0.15) is 0 Å². The highest BCUT2D eigenvalue weighted by Crippen LogP contribution is 2.21. The molecule has 1 atom stereocenters. The van der Waals surface area contributed by atoms with Gasteiger partial charge in [0.25, 0.3) is 5.91 Å². The Hall–Kier alpha value is -1.71. The number of benzene rings is 1. The second kappa shape index (κ2) is 9.43. The van der Waals surface area contributed by atoms with Crippen LogP contribution in [0.4, 0.5) is 0 Å². The molecule has 4 heteroatoms. The maximum atomic E-state index is 12.5. The molecule has 4 nitrogen and oxygen atoms in total. The Morgan fingerprint density at radius 3 is 2.48 bits per heavy atom. The lowest BCUT2D eigenvalue weighted by Gasteiger charge is -2.24. The fourth-order valence-electron chi connectivity index (χ4n) is 3.06. The van der Waals surface area contributed by atoms with Crippen molar-refractivity contribution in [3.05, 3.63) is 24.3 Å². The number of carbonyl (C=O) groups is 1. The third-order valence-corrected chi connectivity index (χ3v) is 4.43. The van der Waals surface area contributed by atoms with Crippen LogP contribution in [0, 0.1) is 0 Å². The zero-order valence-electron chi connectivity index (χ0n) is 14.3. The molecule has 1 aromatic rings. The quantitative estimate of drug-likeness (QED) is 0.859. The SMILES string of the molecule is CC[C@@H](Oc1cccc(OC)c1)C(=O)NC1CCCCCCC1. The topological polar surface area (TPSA) is 47.6 Å². The zero-order chi connectivity index (χ0) is 16.5. The molecule has 1 aliphatic rings. The highest BCUT2D eigenvalue weighted by Gasteiger charge is 2.22. The van der Waals surface area contributed by atoms with Crippen LogP contribution >= 0.6 is 0 Å². The van der Waals surface area contributed by atoms with E-state index >= 15 is 0 Å². The first kappa shape index (κ1) is 17.6. The second-order valence-electron chi connectivity index (χ2n) is 6.24. The normalized spacial score (nSPS) is 17.7. The van der Waals surface area contributed by atoms with Crippen molar-refractivity contribution < 1.29 is 14.3 Å². The number of nitrogens with one attached hydrogen (secondary N) is 1. The number of carbonyl (C=O) groups excluding carboxylic acids is 1. The molecule has 0 radical (unpaired) electrons. The molecule has 0 saturated heterocycles. The molecule has 0 aliphatic heterocycles. The smallest absolute Gasteiger partial charge is 0.261 e. The molecule has 1 fully saturated rings. The van der Waals surface area contributed by atoms with E-state index in [2.05, 4.69) is 5.32 Å². The van der Waals surface area contributed by atoms with Crippen molar-refractivity contribution in [2.75, 3.05) is 7.11 Å². The molecule has 0 aromatic heterocycles. The van der Waals surface area contributed by atoms with Crippen LogP contribution < -0.4 is 14.8 Å². The lowest BCUT2D eigenvalue weighted by Crippen LogP contribution is -2.43. The number of ether oxygens (including phenoxy) is 2. The minimum atomic E-state index is -0.451. The van der Waals surface area contributed by atoms with Crippen LogP contribution in [0.3, 0.4) is 0 Å². The van der Waals surface area contributed by atoms with E-state index in [1.807, 2.05) is 31.2 Å². The Morgan fingerprint density at radius 2 is 1.83 bits per heavy atom. The highest BCUT2D eigenvalue weighted by atomic mass is 16.5. The summed E-state index contributed by atoms with van der Waals surface area (Å²) in [6.07, 6.45) is 8.67. The Labute approximate surface area is 139 Å². The van der Waals surface area contributed by atoms with Crippen molar-refractivity contribution in [1.29, 1.82) is 0 Å². The van der Waals surface area contributed by atoms with Gasteiger partial charge in [0.1, 0.15) is 11.5 Å². The van der Waals surface area contributed by atoms with Crippen LogP contribution in [0.15, 0.2) is 24.3 Å². The molecular weight excluding hydrogens is 290 g/mol. The van der Waals surface area contributed by atoms with Crippen molar-refractivity contribution in [2.45, 2.75) is 70.4 Å². The van der Waals surface area contributed by atoms with Gasteiger partial charge in [0.2, 0.25) is 0 Å². The first-order valence-corrected chi connectivity index (χ1v) is 8.84. The summed E-state index contributed by atoms with van der Waals surface area (Å²) in [4.78, 5) is 12.5. The number of hydrogen-bond acceptors (Lipinski definition) is 3. The number of rotatable bonds is 6. The van der Waals surface area contributed by atoms with Crippen molar-refractivity contribution >= 4 is 5.91 Å². The molecular formula is C19H29NO3. The average molecular weight is 319 g/mol. The van der Waals surface area contributed by atoms with E-state index in [0.29, 0.717) is 18.2 Å². The van der Waals surface area contributed by atoms with Gasteiger partial charge in [-0.3, -0.25) is 4.79 Å². The molecule has 2 rings (SSSR count). The van der Waals surface area contributed by atoms with Gasteiger partial charge in [-0.1, -0.05) is 45.1 Å². The summed E-state index contributed by atoms with van der Waals surface area (Å²) in [5, 5.41) is 3.19. The third-order valence-electron chi connectivity index (χ3n) is 4.43. The maximum Gasteiger partial charge on any atom is 0.261 e. The molecule has 0 bridgehead atoms. The van der Waals surface area contributed by atoms with E-state index < -0.39 is 6.10 Å².